The first-order valence-electron chi connectivity index (χ1n) is 5.60. The van der Waals surface area contributed by atoms with Crippen LogP contribution in [0.4, 0.5) is 0 Å². The summed E-state index contributed by atoms with van der Waals surface area (Å²) in [7, 11) is 0. The van der Waals surface area contributed by atoms with Crippen molar-refractivity contribution >= 4 is 5.97 Å². The van der Waals surface area contributed by atoms with Gasteiger partial charge in [0.05, 0.1) is 19.3 Å². The van der Waals surface area contributed by atoms with Crippen molar-refractivity contribution in [3.8, 4) is 5.88 Å². The maximum atomic E-state index is 11.5. The van der Waals surface area contributed by atoms with Gasteiger partial charge in [0.25, 0.3) is 0 Å². The average Bonchev–Trinajstić information content (AvgIpc) is 2.72. The number of nitrogens with zero attached hydrogens (tertiary/aromatic N) is 1. The Labute approximate surface area is 100 Å². The summed E-state index contributed by atoms with van der Waals surface area (Å²) in [5.74, 6) is -0.197. The zero-order chi connectivity index (χ0) is 12.7. The molecule has 0 aliphatic carbocycles. The van der Waals surface area contributed by atoms with Crippen molar-refractivity contribution in [3.63, 3.8) is 0 Å². The zero-order valence-electron chi connectivity index (χ0n) is 10.4. The number of nitrogens with one attached hydrogen (secondary N) is 1. The van der Waals surface area contributed by atoms with E-state index in [0.29, 0.717) is 25.4 Å². The molecule has 0 saturated carbocycles. The standard InChI is InChI=1S/C11H18N2O4/c1-4-15-11(14)9-7-12-13-10(9)17-6-5-16-8(2)3/h7-8H,4-6H2,1-3H3,(H,12,13). The van der Waals surface area contributed by atoms with Gasteiger partial charge in [-0.05, 0) is 20.8 Å². The van der Waals surface area contributed by atoms with Crippen molar-refractivity contribution in [2.45, 2.75) is 26.9 Å². The van der Waals surface area contributed by atoms with E-state index in [4.69, 9.17) is 14.2 Å². The van der Waals surface area contributed by atoms with Crippen LogP contribution in [0.2, 0.25) is 0 Å². The quantitative estimate of drug-likeness (QED) is 0.577. The third-order valence-corrected chi connectivity index (χ3v) is 1.87. The van der Waals surface area contributed by atoms with Gasteiger partial charge in [0.2, 0.25) is 5.88 Å². The number of carbonyl (C=O) groups is 1. The predicted octanol–water partition coefficient (Wildman–Crippen LogP) is 1.39. The third-order valence-electron chi connectivity index (χ3n) is 1.87. The Morgan fingerprint density at radius 3 is 2.88 bits per heavy atom. The minimum atomic E-state index is -0.443. The summed E-state index contributed by atoms with van der Waals surface area (Å²) in [5.41, 5.74) is 0.302. The Hall–Kier alpha value is -1.56. The van der Waals surface area contributed by atoms with Gasteiger partial charge in [-0.25, -0.2) is 4.79 Å². The van der Waals surface area contributed by atoms with Gasteiger partial charge in [-0.2, -0.15) is 0 Å². The topological polar surface area (TPSA) is 73.4 Å². The highest BCUT2D eigenvalue weighted by atomic mass is 16.5. The number of ether oxygens (including phenoxy) is 3. The van der Waals surface area contributed by atoms with Crippen LogP contribution >= 0.6 is 0 Å². The smallest absolute Gasteiger partial charge is 0.345 e. The molecule has 1 aromatic rings. The Kier molecular flexibility index (Phi) is 5.48. The number of rotatable bonds is 7. The highest BCUT2D eigenvalue weighted by Gasteiger charge is 2.16. The van der Waals surface area contributed by atoms with Crippen molar-refractivity contribution in [2.75, 3.05) is 19.8 Å². The summed E-state index contributed by atoms with van der Waals surface area (Å²) >= 11 is 0. The highest BCUT2D eigenvalue weighted by Crippen LogP contribution is 2.14. The minimum absolute atomic E-state index is 0.155. The summed E-state index contributed by atoms with van der Waals surface area (Å²) in [6.07, 6.45) is 1.61. The van der Waals surface area contributed by atoms with Crippen LogP contribution in [0, 0.1) is 0 Å². The van der Waals surface area contributed by atoms with Crippen molar-refractivity contribution in [1.29, 1.82) is 0 Å². The van der Waals surface area contributed by atoms with E-state index >= 15 is 0 Å². The van der Waals surface area contributed by atoms with E-state index in [1.165, 1.54) is 6.20 Å². The first kappa shape index (κ1) is 13.5. The van der Waals surface area contributed by atoms with E-state index < -0.39 is 5.97 Å². The Morgan fingerprint density at radius 2 is 2.24 bits per heavy atom. The van der Waals surface area contributed by atoms with Gasteiger partial charge in [-0.1, -0.05) is 0 Å². The number of esters is 1. The van der Waals surface area contributed by atoms with Gasteiger partial charge in [0, 0.05) is 6.20 Å². The van der Waals surface area contributed by atoms with Gasteiger partial charge >= 0.3 is 5.97 Å². The predicted molar refractivity (Wildman–Crippen MR) is 61.1 cm³/mol. The van der Waals surface area contributed by atoms with E-state index in [1.54, 1.807) is 6.92 Å². The van der Waals surface area contributed by atoms with Crippen LogP contribution in [0.15, 0.2) is 6.20 Å². The summed E-state index contributed by atoms with van der Waals surface area (Å²) < 4.78 is 15.5. The molecule has 0 atom stereocenters. The lowest BCUT2D eigenvalue weighted by atomic mass is 10.3. The van der Waals surface area contributed by atoms with E-state index in [0.717, 1.165) is 0 Å². The van der Waals surface area contributed by atoms with Crippen LogP contribution in [0.3, 0.4) is 0 Å². The number of aromatic amines is 1. The van der Waals surface area contributed by atoms with Crippen molar-refractivity contribution in [3.05, 3.63) is 11.8 Å². The highest BCUT2D eigenvalue weighted by molar-refractivity contribution is 5.91. The molecule has 0 spiro atoms. The number of hydrogen-bond donors (Lipinski definition) is 1. The summed E-state index contributed by atoms with van der Waals surface area (Å²) in [6.45, 7) is 6.74. The fraction of sp³-hybridized carbons (Fsp3) is 0.636. The summed E-state index contributed by atoms with van der Waals surface area (Å²) in [5, 5.41) is 6.40. The molecular formula is C11H18N2O4. The molecule has 17 heavy (non-hydrogen) atoms. The second-order valence-electron chi connectivity index (χ2n) is 3.59. The average molecular weight is 242 g/mol. The molecular weight excluding hydrogens is 224 g/mol. The molecule has 0 saturated heterocycles. The van der Waals surface area contributed by atoms with Crippen LogP contribution in [-0.4, -0.2) is 42.1 Å². The minimum Gasteiger partial charge on any atom is -0.474 e. The first-order valence-corrected chi connectivity index (χ1v) is 5.60. The molecule has 0 unspecified atom stereocenters. The maximum Gasteiger partial charge on any atom is 0.345 e. The molecule has 0 aromatic carbocycles. The summed E-state index contributed by atoms with van der Waals surface area (Å²) in [4.78, 5) is 11.5. The SMILES string of the molecule is CCOC(=O)c1c[nH]nc1OCCOC(C)C. The number of carbonyl (C=O) groups excluding carboxylic acids is 1. The number of hydrogen-bond acceptors (Lipinski definition) is 5. The molecule has 0 aliphatic rings. The lowest BCUT2D eigenvalue weighted by Crippen LogP contribution is -2.13. The van der Waals surface area contributed by atoms with Gasteiger partial charge in [0.1, 0.15) is 12.2 Å². The number of aromatic nitrogens is 2. The zero-order valence-corrected chi connectivity index (χ0v) is 10.4. The van der Waals surface area contributed by atoms with Crippen LogP contribution in [0.5, 0.6) is 5.88 Å². The van der Waals surface area contributed by atoms with Gasteiger partial charge in [-0.15, -0.1) is 5.10 Å². The van der Waals surface area contributed by atoms with Crippen LogP contribution in [-0.2, 0) is 9.47 Å². The van der Waals surface area contributed by atoms with Crippen LogP contribution in [0.1, 0.15) is 31.1 Å². The Balaban J connectivity index is 2.43. The fourth-order valence-electron chi connectivity index (χ4n) is 1.16. The Morgan fingerprint density at radius 1 is 1.47 bits per heavy atom. The van der Waals surface area contributed by atoms with Crippen molar-refractivity contribution in [2.24, 2.45) is 0 Å². The third kappa shape index (κ3) is 4.44. The molecule has 0 bridgehead atoms. The second-order valence-corrected chi connectivity index (χ2v) is 3.59. The fourth-order valence-corrected chi connectivity index (χ4v) is 1.16. The van der Waals surface area contributed by atoms with Gasteiger partial charge in [-0.3, -0.25) is 5.10 Å². The largest absolute Gasteiger partial charge is 0.474 e. The van der Waals surface area contributed by atoms with E-state index in [-0.39, 0.29) is 12.0 Å². The van der Waals surface area contributed by atoms with E-state index in [1.807, 2.05) is 13.8 Å². The summed E-state index contributed by atoms with van der Waals surface area (Å²) in [6, 6.07) is 0. The molecule has 6 heteroatoms. The van der Waals surface area contributed by atoms with Gasteiger partial charge < -0.3 is 14.2 Å². The molecule has 0 fully saturated rings. The molecule has 96 valence electrons. The lowest BCUT2D eigenvalue weighted by Gasteiger charge is -2.08. The first-order chi connectivity index (χ1) is 8.15. The number of H-pyrrole nitrogens is 1. The maximum absolute atomic E-state index is 11.5. The lowest BCUT2D eigenvalue weighted by molar-refractivity contribution is 0.0483. The van der Waals surface area contributed by atoms with E-state index in [9.17, 15) is 4.79 Å². The van der Waals surface area contributed by atoms with E-state index in [2.05, 4.69) is 10.2 Å². The normalized spacial score (nSPS) is 10.6. The molecule has 0 amide bonds. The molecule has 1 aromatic heterocycles. The van der Waals surface area contributed by atoms with Gasteiger partial charge in [0.15, 0.2) is 0 Å². The Bertz CT molecular complexity index is 349. The molecule has 1 rings (SSSR count). The monoisotopic (exact) mass is 242 g/mol. The second kappa shape index (κ2) is 6.90. The molecule has 0 aliphatic heterocycles. The molecule has 1 heterocycles. The molecule has 0 radical (unpaired) electrons. The molecule has 1 N–H and O–H groups in total. The van der Waals surface area contributed by atoms with Crippen LogP contribution < -0.4 is 4.74 Å². The molecule has 6 nitrogen and oxygen atoms in total. The van der Waals surface area contributed by atoms with Crippen molar-refractivity contribution < 1.29 is 19.0 Å². The van der Waals surface area contributed by atoms with Crippen molar-refractivity contribution in [1.82, 2.24) is 10.2 Å². The van der Waals surface area contributed by atoms with Crippen LogP contribution in [0.25, 0.3) is 0 Å².